The number of thiophene rings is 1. The summed E-state index contributed by atoms with van der Waals surface area (Å²) >= 11 is 1.69. The number of H-pyrrole nitrogens is 1. The second-order valence-electron chi connectivity index (χ2n) is 2.42. The van der Waals surface area contributed by atoms with Gasteiger partial charge >= 0.3 is 0 Å². The van der Waals surface area contributed by atoms with Crippen LogP contribution in [0.4, 0.5) is 0 Å². The third-order valence-electron chi connectivity index (χ3n) is 1.61. The van der Waals surface area contributed by atoms with E-state index in [0.717, 1.165) is 11.5 Å². The van der Waals surface area contributed by atoms with E-state index in [4.69, 9.17) is 5.73 Å². The number of aromatic nitrogens is 2. The standard InChI is InChI=1S/C8H9N3S.2ClH/c9-4-8-10-5-6(11-8)7-2-1-3-12-7;;/h1-3,5H,4,9H2,(H,10,11);2*1H. The number of nitrogens with one attached hydrogen (secondary N) is 1. The van der Waals surface area contributed by atoms with Crippen LogP contribution in [0.1, 0.15) is 5.82 Å². The molecule has 14 heavy (non-hydrogen) atoms. The van der Waals surface area contributed by atoms with Gasteiger partial charge in [0.2, 0.25) is 0 Å². The Labute approximate surface area is 98.6 Å². The lowest BCUT2D eigenvalue weighted by molar-refractivity contribution is 0.951. The molecular weight excluding hydrogens is 241 g/mol. The third-order valence-corrected chi connectivity index (χ3v) is 2.51. The largest absolute Gasteiger partial charge is 0.340 e. The number of hydrogen-bond acceptors (Lipinski definition) is 3. The van der Waals surface area contributed by atoms with Crippen LogP contribution in [0.5, 0.6) is 0 Å². The molecule has 0 aliphatic carbocycles. The van der Waals surface area contributed by atoms with Crippen molar-refractivity contribution in [3.8, 4) is 10.6 Å². The molecule has 0 atom stereocenters. The average molecular weight is 252 g/mol. The number of nitrogens with zero attached hydrogens (tertiary/aromatic N) is 1. The van der Waals surface area contributed by atoms with Gasteiger partial charge < -0.3 is 10.7 Å². The Balaban J connectivity index is 0.000000845. The van der Waals surface area contributed by atoms with Crippen molar-refractivity contribution >= 4 is 36.2 Å². The SMILES string of the molecule is Cl.Cl.NCc1ncc(-c2cccs2)[nH]1. The Hall–Kier alpha value is -0.550. The quantitative estimate of drug-likeness (QED) is 0.862. The van der Waals surface area contributed by atoms with Crippen molar-refractivity contribution in [1.29, 1.82) is 0 Å². The van der Waals surface area contributed by atoms with Crippen LogP contribution in [0.15, 0.2) is 23.7 Å². The monoisotopic (exact) mass is 251 g/mol. The lowest BCUT2D eigenvalue weighted by Crippen LogP contribution is -1.97. The van der Waals surface area contributed by atoms with Gasteiger partial charge in [-0.05, 0) is 11.4 Å². The van der Waals surface area contributed by atoms with Gasteiger partial charge in [0, 0.05) is 0 Å². The number of imidazole rings is 1. The molecule has 0 bridgehead atoms. The maximum Gasteiger partial charge on any atom is 0.120 e. The number of hydrogen-bond donors (Lipinski definition) is 2. The summed E-state index contributed by atoms with van der Waals surface area (Å²) in [5.41, 5.74) is 6.47. The Kier molecular flexibility index (Phi) is 5.79. The molecule has 3 N–H and O–H groups in total. The van der Waals surface area contributed by atoms with Crippen LogP contribution < -0.4 is 5.73 Å². The van der Waals surface area contributed by atoms with Crippen LogP contribution in [0.25, 0.3) is 10.6 Å². The van der Waals surface area contributed by atoms with Crippen molar-refractivity contribution in [2.24, 2.45) is 5.73 Å². The lowest BCUT2D eigenvalue weighted by Gasteiger charge is -1.88. The van der Waals surface area contributed by atoms with Crippen molar-refractivity contribution in [1.82, 2.24) is 9.97 Å². The first-order valence-electron chi connectivity index (χ1n) is 3.68. The number of halogens is 2. The summed E-state index contributed by atoms with van der Waals surface area (Å²) < 4.78 is 0. The smallest absolute Gasteiger partial charge is 0.120 e. The number of nitrogens with two attached hydrogens (primary N) is 1. The lowest BCUT2D eigenvalue weighted by atomic mass is 10.4. The number of aromatic amines is 1. The van der Waals surface area contributed by atoms with Crippen LogP contribution in [-0.4, -0.2) is 9.97 Å². The fraction of sp³-hybridized carbons (Fsp3) is 0.125. The molecule has 2 rings (SSSR count). The molecule has 0 fully saturated rings. The van der Waals surface area contributed by atoms with Crippen LogP contribution in [0.3, 0.4) is 0 Å². The van der Waals surface area contributed by atoms with E-state index in [2.05, 4.69) is 16.0 Å². The fourth-order valence-corrected chi connectivity index (χ4v) is 1.71. The van der Waals surface area contributed by atoms with Gasteiger partial charge in [-0.15, -0.1) is 36.2 Å². The molecule has 0 radical (unpaired) electrons. The van der Waals surface area contributed by atoms with E-state index in [9.17, 15) is 0 Å². The Morgan fingerprint density at radius 2 is 2.21 bits per heavy atom. The molecular formula is C8H11Cl2N3S. The molecule has 0 unspecified atom stereocenters. The average Bonchev–Trinajstić information content (AvgIpc) is 2.75. The van der Waals surface area contributed by atoms with E-state index in [1.807, 2.05) is 17.6 Å². The second-order valence-corrected chi connectivity index (χ2v) is 3.37. The molecule has 0 aliphatic heterocycles. The minimum atomic E-state index is 0. The molecule has 0 aromatic carbocycles. The van der Waals surface area contributed by atoms with Gasteiger partial charge in [-0.1, -0.05) is 6.07 Å². The van der Waals surface area contributed by atoms with E-state index in [-0.39, 0.29) is 24.8 Å². The summed E-state index contributed by atoms with van der Waals surface area (Å²) in [6, 6.07) is 4.07. The van der Waals surface area contributed by atoms with Crippen molar-refractivity contribution in [3.05, 3.63) is 29.5 Å². The molecule has 3 nitrogen and oxygen atoms in total. The normalized spacial score (nSPS) is 8.93. The molecule has 2 aromatic heterocycles. The van der Waals surface area contributed by atoms with E-state index >= 15 is 0 Å². The molecule has 0 spiro atoms. The summed E-state index contributed by atoms with van der Waals surface area (Å²) in [4.78, 5) is 8.45. The van der Waals surface area contributed by atoms with Gasteiger partial charge in [0.25, 0.3) is 0 Å². The highest BCUT2D eigenvalue weighted by atomic mass is 35.5. The first-order valence-corrected chi connectivity index (χ1v) is 4.56. The summed E-state index contributed by atoms with van der Waals surface area (Å²) in [6.07, 6.45) is 1.81. The highest BCUT2D eigenvalue weighted by molar-refractivity contribution is 7.13. The van der Waals surface area contributed by atoms with Crippen LogP contribution in [-0.2, 0) is 6.54 Å². The summed E-state index contributed by atoms with van der Waals surface area (Å²) in [5, 5.41) is 2.04. The second kappa shape index (κ2) is 6.03. The van der Waals surface area contributed by atoms with Gasteiger partial charge in [-0.25, -0.2) is 4.98 Å². The van der Waals surface area contributed by atoms with Gasteiger partial charge in [0.05, 0.1) is 23.3 Å². The van der Waals surface area contributed by atoms with Gasteiger partial charge in [0.15, 0.2) is 0 Å². The maximum absolute atomic E-state index is 5.43. The number of rotatable bonds is 2. The van der Waals surface area contributed by atoms with Crippen LogP contribution >= 0.6 is 36.2 Å². The zero-order chi connectivity index (χ0) is 8.39. The molecule has 0 saturated carbocycles. The van der Waals surface area contributed by atoms with E-state index in [0.29, 0.717) is 6.54 Å². The third kappa shape index (κ3) is 2.72. The zero-order valence-corrected chi connectivity index (χ0v) is 9.72. The van der Waals surface area contributed by atoms with E-state index < -0.39 is 0 Å². The van der Waals surface area contributed by atoms with Crippen LogP contribution in [0.2, 0.25) is 0 Å². The summed E-state index contributed by atoms with van der Waals surface area (Å²) in [7, 11) is 0. The molecule has 0 saturated heterocycles. The highest BCUT2D eigenvalue weighted by Crippen LogP contribution is 2.22. The molecule has 78 valence electrons. The molecule has 2 heterocycles. The van der Waals surface area contributed by atoms with Crippen molar-refractivity contribution in [2.75, 3.05) is 0 Å². The Morgan fingerprint density at radius 3 is 2.71 bits per heavy atom. The zero-order valence-electron chi connectivity index (χ0n) is 7.27. The predicted octanol–water partition coefficient (Wildman–Crippen LogP) is 2.44. The Morgan fingerprint density at radius 1 is 1.43 bits per heavy atom. The van der Waals surface area contributed by atoms with Crippen LogP contribution in [0, 0.1) is 0 Å². The minimum absolute atomic E-state index is 0. The molecule has 0 aliphatic rings. The predicted molar refractivity (Wildman–Crippen MR) is 64.3 cm³/mol. The minimum Gasteiger partial charge on any atom is -0.340 e. The summed E-state index contributed by atoms with van der Waals surface area (Å²) in [6.45, 7) is 0.464. The molecule has 0 amide bonds. The fourth-order valence-electron chi connectivity index (χ4n) is 1.02. The molecule has 2 aromatic rings. The van der Waals surface area contributed by atoms with Gasteiger partial charge in [0.1, 0.15) is 5.82 Å². The topological polar surface area (TPSA) is 54.7 Å². The first-order chi connectivity index (χ1) is 5.90. The molecule has 6 heteroatoms. The Bertz CT molecular complexity index is 358. The van der Waals surface area contributed by atoms with E-state index in [1.54, 1.807) is 11.3 Å². The maximum atomic E-state index is 5.43. The van der Waals surface area contributed by atoms with Crippen molar-refractivity contribution in [2.45, 2.75) is 6.54 Å². The van der Waals surface area contributed by atoms with Crippen molar-refractivity contribution < 1.29 is 0 Å². The van der Waals surface area contributed by atoms with E-state index in [1.165, 1.54) is 4.88 Å². The van der Waals surface area contributed by atoms with Crippen molar-refractivity contribution in [3.63, 3.8) is 0 Å². The first kappa shape index (κ1) is 13.4. The van der Waals surface area contributed by atoms with Gasteiger partial charge in [-0.3, -0.25) is 0 Å². The highest BCUT2D eigenvalue weighted by Gasteiger charge is 2.01. The summed E-state index contributed by atoms with van der Waals surface area (Å²) in [5.74, 6) is 0.832. The van der Waals surface area contributed by atoms with Gasteiger partial charge in [-0.2, -0.15) is 0 Å².